The maximum absolute atomic E-state index is 13.0. The molecule has 0 atom stereocenters. The fourth-order valence-corrected chi connectivity index (χ4v) is 3.67. The number of nitrogens with zero attached hydrogens (tertiary/aromatic N) is 1. The summed E-state index contributed by atoms with van der Waals surface area (Å²) in [5.41, 5.74) is 5.12. The lowest BCUT2D eigenvalue weighted by Gasteiger charge is -2.13. The zero-order chi connectivity index (χ0) is 17.9. The first-order chi connectivity index (χ1) is 12.8. The quantitative estimate of drug-likeness (QED) is 0.766. The van der Waals surface area contributed by atoms with E-state index in [2.05, 4.69) is 5.32 Å². The molecule has 4 rings (SSSR count). The van der Waals surface area contributed by atoms with E-state index in [0.717, 1.165) is 59.2 Å². The molecule has 0 saturated carbocycles. The number of ether oxygens (including phenoxy) is 1. The van der Waals surface area contributed by atoms with Crippen molar-refractivity contribution in [3.63, 3.8) is 0 Å². The van der Waals surface area contributed by atoms with Crippen molar-refractivity contribution in [1.29, 1.82) is 0 Å². The first-order valence-electron chi connectivity index (χ1n) is 9.08. The molecule has 0 spiro atoms. The molecule has 1 aliphatic rings. The first kappa shape index (κ1) is 16.6. The van der Waals surface area contributed by atoms with E-state index in [1.165, 1.54) is 5.56 Å². The Labute approximate surface area is 153 Å². The Kier molecular flexibility index (Phi) is 4.57. The van der Waals surface area contributed by atoms with Crippen molar-refractivity contribution in [2.75, 3.05) is 13.7 Å². The monoisotopic (exact) mass is 346 g/mol. The van der Waals surface area contributed by atoms with Gasteiger partial charge < -0.3 is 10.1 Å². The predicted octanol–water partition coefficient (Wildman–Crippen LogP) is 3.70. The van der Waals surface area contributed by atoms with Gasteiger partial charge in [0.15, 0.2) is 0 Å². The molecule has 1 aliphatic carbocycles. The second kappa shape index (κ2) is 7.16. The van der Waals surface area contributed by atoms with Crippen molar-refractivity contribution in [3.8, 4) is 5.75 Å². The van der Waals surface area contributed by atoms with Crippen molar-refractivity contribution in [2.24, 2.45) is 0 Å². The van der Waals surface area contributed by atoms with E-state index in [9.17, 15) is 4.79 Å². The molecule has 0 aliphatic heterocycles. The molecule has 1 N–H and O–H groups in total. The van der Waals surface area contributed by atoms with Crippen LogP contribution >= 0.6 is 0 Å². The molecule has 132 valence electrons. The molecule has 4 heteroatoms. The third-order valence-corrected chi connectivity index (χ3v) is 5.00. The number of pyridine rings is 1. The Bertz CT molecular complexity index is 948. The molecular weight excluding hydrogens is 324 g/mol. The van der Waals surface area contributed by atoms with E-state index in [4.69, 9.17) is 9.72 Å². The maximum Gasteiger partial charge on any atom is 0.252 e. The van der Waals surface area contributed by atoms with Crippen LogP contribution in [0.1, 0.15) is 33.6 Å². The number of para-hydroxylation sites is 1. The minimum atomic E-state index is 0.00950. The van der Waals surface area contributed by atoms with Gasteiger partial charge in [-0.25, -0.2) is 0 Å². The van der Waals surface area contributed by atoms with Crippen molar-refractivity contribution in [2.45, 2.75) is 25.7 Å². The topological polar surface area (TPSA) is 51.2 Å². The van der Waals surface area contributed by atoms with Gasteiger partial charge in [-0.15, -0.1) is 0 Å². The van der Waals surface area contributed by atoms with Crippen LogP contribution in [-0.2, 0) is 19.3 Å². The van der Waals surface area contributed by atoms with E-state index in [0.29, 0.717) is 6.54 Å². The van der Waals surface area contributed by atoms with Gasteiger partial charge in [-0.2, -0.15) is 0 Å². The number of rotatable bonds is 5. The summed E-state index contributed by atoms with van der Waals surface area (Å²) in [6.07, 6.45) is 3.77. The highest BCUT2D eigenvalue weighted by atomic mass is 16.5. The molecule has 4 nitrogen and oxygen atoms in total. The highest BCUT2D eigenvalue weighted by Crippen LogP contribution is 2.29. The average Bonchev–Trinajstić information content (AvgIpc) is 3.14. The molecule has 0 fully saturated rings. The van der Waals surface area contributed by atoms with Crippen LogP contribution in [0, 0.1) is 0 Å². The van der Waals surface area contributed by atoms with Gasteiger partial charge in [0.1, 0.15) is 5.75 Å². The number of nitrogens with one attached hydrogen (secondary N) is 1. The fourth-order valence-electron chi connectivity index (χ4n) is 3.67. The van der Waals surface area contributed by atoms with Gasteiger partial charge in [-0.1, -0.05) is 30.3 Å². The van der Waals surface area contributed by atoms with Gasteiger partial charge in [0.05, 0.1) is 18.2 Å². The Hall–Kier alpha value is -2.88. The molecule has 1 aromatic heterocycles. The Balaban J connectivity index is 1.53. The normalized spacial score (nSPS) is 12.8. The number of amides is 1. The van der Waals surface area contributed by atoms with Gasteiger partial charge >= 0.3 is 0 Å². The molecule has 2 aromatic carbocycles. The van der Waals surface area contributed by atoms with Crippen LogP contribution in [0.25, 0.3) is 10.9 Å². The van der Waals surface area contributed by atoms with Gasteiger partial charge in [0, 0.05) is 17.6 Å². The molecule has 0 radical (unpaired) electrons. The lowest BCUT2D eigenvalue weighted by molar-refractivity contribution is 0.0955. The Morgan fingerprint density at radius 3 is 2.73 bits per heavy atom. The van der Waals surface area contributed by atoms with Gasteiger partial charge in [-0.3, -0.25) is 9.78 Å². The fraction of sp³-hybridized carbons (Fsp3) is 0.273. The average molecular weight is 346 g/mol. The second-order valence-corrected chi connectivity index (χ2v) is 6.64. The van der Waals surface area contributed by atoms with Crippen LogP contribution in [0.2, 0.25) is 0 Å². The predicted molar refractivity (Wildman–Crippen MR) is 103 cm³/mol. The number of fused-ring (bicyclic) bond motifs is 2. The Morgan fingerprint density at radius 1 is 1.12 bits per heavy atom. The highest BCUT2D eigenvalue weighted by Gasteiger charge is 2.23. The zero-order valence-corrected chi connectivity index (χ0v) is 14.9. The lowest BCUT2D eigenvalue weighted by Crippen LogP contribution is -2.27. The number of hydrogen-bond donors (Lipinski definition) is 1. The number of carbonyl (C=O) groups excluding carboxylic acids is 1. The van der Waals surface area contributed by atoms with Crippen LogP contribution < -0.4 is 10.1 Å². The van der Waals surface area contributed by atoms with Crippen molar-refractivity contribution in [1.82, 2.24) is 10.3 Å². The molecule has 0 bridgehead atoms. The number of aromatic nitrogens is 1. The summed E-state index contributed by atoms with van der Waals surface area (Å²) in [4.78, 5) is 17.7. The maximum atomic E-state index is 13.0. The van der Waals surface area contributed by atoms with E-state index in [1.54, 1.807) is 7.11 Å². The van der Waals surface area contributed by atoms with Crippen LogP contribution in [0.15, 0.2) is 48.5 Å². The third-order valence-electron chi connectivity index (χ3n) is 5.00. The summed E-state index contributed by atoms with van der Waals surface area (Å²) < 4.78 is 5.18. The summed E-state index contributed by atoms with van der Waals surface area (Å²) in [6.45, 7) is 0.608. The molecule has 1 heterocycles. The zero-order valence-electron chi connectivity index (χ0n) is 14.9. The minimum Gasteiger partial charge on any atom is -0.497 e. The number of aryl methyl sites for hydroxylation is 1. The van der Waals surface area contributed by atoms with Gasteiger partial charge in [0.2, 0.25) is 0 Å². The lowest BCUT2D eigenvalue weighted by atomic mass is 10.0. The largest absolute Gasteiger partial charge is 0.497 e. The van der Waals surface area contributed by atoms with Crippen molar-refractivity contribution >= 4 is 16.8 Å². The summed E-state index contributed by atoms with van der Waals surface area (Å²) in [6, 6.07) is 15.9. The van der Waals surface area contributed by atoms with E-state index >= 15 is 0 Å². The smallest absolute Gasteiger partial charge is 0.252 e. The summed E-state index contributed by atoms with van der Waals surface area (Å²) in [5.74, 6) is 0.854. The molecule has 0 unspecified atom stereocenters. The number of hydrogen-bond acceptors (Lipinski definition) is 3. The summed E-state index contributed by atoms with van der Waals surface area (Å²) >= 11 is 0. The van der Waals surface area contributed by atoms with Crippen LogP contribution in [0.3, 0.4) is 0 Å². The minimum absolute atomic E-state index is 0.00950. The van der Waals surface area contributed by atoms with Crippen LogP contribution in [-0.4, -0.2) is 24.5 Å². The molecule has 0 saturated heterocycles. The van der Waals surface area contributed by atoms with Gasteiger partial charge in [-0.05, 0) is 55.0 Å². The van der Waals surface area contributed by atoms with Crippen LogP contribution in [0.5, 0.6) is 5.75 Å². The highest BCUT2D eigenvalue weighted by molar-refractivity contribution is 6.07. The molecule has 26 heavy (non-hydrogen) atoms. The standard InChI is InChI=1S/C22H22N2O2/c1-26-16-11-9-15(10-12-16)13-14-23-22(25)21-17-5-2-3-7-19(17)24-20-8-4-6-18(20)21/h2-3,5,7,9-12H,4,6,8,13-14H2,1H3,(H,23,25). The Morgan fingerprint density at radius 2 is 1.92 bits per heavy atom. The molecule has 1 amide bonds. The van der Waals surface area contributed by atoms with E-state index < -0.39 is 0 Å². The van der Waals surface area contributed by atoms with E-state index in [-0.39, 0.29) is 5.91 Å². The van der Waals surface area contributed by atoms with E-state index in [1.807, 2.05) is 48.5 Å². The molecule has 3 aromatic rings. The van der Waals surface area contributed by atoms with Crippen molar-refractivity contribution in [3.05, 3.63) is 70.9 Å². The summed E-state index contributed by atoms with van der Waals surface area (Å²) in [5, 5.41) is 4.05. The third kappa shape index (κ3) is 3.15. The van der Waals surface area contributed by atoms with Crippen molar-refractivity contribution < 1.29 is 9.53 Å². The van der Waals surface area contributed by atoms with Gasteiger partial charge in [0.25, 0.3) is 5.91 Å². The number of methoxy groups -OCH3 is 1. The van der Waals surface area contributed by atoms with Crippen LogP contribution in [0.4, 0.5) is 0 Å². The number of benzene rings is 2. The molecular formula is C22H22N2O2. The number of carbonyl (C=O) groups is 1. The second-order valence-electron chi connectivity index (χ2n) is 6.64. The summed E-state index contributed by atoms with van der Waals surface area (Å²) in [7, 11) is 1.66. The SMILES string of the molecule is COc1ccc(CCNC(=O)c2c3c(nc4ccccc24)CCC3)cc1. The first-order valence-corrected chi connectivity index (χ1v) is 9.08.